The van der Waals surface area contributed by atoms with E-state index in [2.05, 4.69) is 0 Å². The Labute approximate surface area is 108 Å². The van der Waals surface area contributed by atoms with Crippen LogP contribution >= 0.6 is 0 Å². The molecule has 0 amide bonds. The van der Waals surface area contributed by atoms with Crippen LogP contribution in [0.2, 0.25) is 0 Å². The molecule has 1 aromatic rings. The van der Waals surface area contributed by atoms with Gasteiger partial charge in [-0.3, -0.25) is 4.18 Å². The van der Waals surface area contributed by atoms with Crippen LogP contribution in [0.4, 0.5) is 5.69 Å². The highest BCUT2D eigenvalue weighted by atomic mass is 32.2. The molecule has 0 radical (unpaired) electrons. The van der Waals surface area contributed by atoms with Crippen LogP contribution in [0.25, 0.3) is 0 Å². The van der Waals surface area contributed by atoms with Gasteiger partial charge in [-0.25, -0.2) is 0 Å². The van der Waals surface area contributed by atoms with Crippen molar-refractivity contribution in [3.8, 4) is 0 Å². The van der Waals surface area contributed by atoms with Crippen molar-refractivity contribution < 1.29 is 17.3 Å². The highest BCUT2D eigenvalue weighted by molar-refractivity contribution is 7.87. The zero-order valence-corrected chi connectivity index (χ0v) is 11.7. The highest BCUT2D eigenvalue weighted by Gasteiger charge is 2.21. The van der Waals surface area contributed by atoms with Gasteiger partial charge in [-0.15, -0.1) is 0 Å². The Balaban J connectivity index is 2.70. The fourth-order valence-electron chi connectivity index (χ4n) is 1.27. The van der Waals surface area contributed by atoms with Gasteiger partial charge in [-0.05, 0) is 26.0 Å². The molecular formula is C12H19NO4S. The van der Waals surface area contributed by atoms with Crippen molar-refractivity contribution in [3.63, 3.8) is 0 Å². The smallest absolute Gasteiger partial charge is 0.299 e. The highest BCUT2D eigenvalue weighted by Crippen LogP contribution is 2.21. The normalized spacial score (nSPS) is 12.6. The third-order valence-corrected chi connectivity index (χ3v) is 4.07. The van der Waals surface area contributed by atoms with E-state index in [1.165, 1.54) is 12.1 Å². The Bertz CT molecular complexity index is 497. The Hall–Kier alpha value is -1.11. The number of nitrogens with two attached hydrogens (primary N) is 1. The number of rotatable bonds is 6. The predicted octanol–water partition coefficient (Wildman–Crippen LogP) is 1.79. The van der Waals surface area contributed by atoms with Crippen LogP contribution in [0.3, 0.4) is 0 Å². The van der Waals surface area contributed by atoms with Crippen molar-refractivity contribution in [1.29, 1.82) is 0 Å². The Morgan fingerprint density at radius 2 is 1.89 bits per heavy atom. The van der Waals surface area contributed by atoms with Gasteiger partial charge in [-0.2, -0.15) is 8.42 Å². The molecule has 0 spiro atoms. The monoisotopic (exact) mass is 273 g/mol. The fraction of sp³-hybridized carbons (Fsp3) is 0.500. The first-order chi connectivity index (χ1) is 8.28. The summed E-state index contributed by atoms with van der Waals surface area (Å²) in [5, 5.41) is 0. The average molecular weight is 273 g/mol. The molecule has 2 N–H and O–H groups in total. The van der Waals surface area contributed by atoms with Crippen molar-refractivity contribution >= 4 is 15.8 Å². The van der Waals surface area contributed by atoms with E-state index < -0.39 is 15.7 Å². The number of para-hydroxylation sites is 1. The summed E-state index contributed by atoms with van der Waals surface area (Å²) in [6.45, 7) is 3.78. The third kappa shape index (κ3) is 3.97. The summed E-state index contributed by atoms with van der Waals surface area (Å²) in [7, 11) is -2.23. The lowest BCUT2D eigenvalue weighted by Gasteiger charge is -2.22. The first-order valence-corrected chi connectivity index (χ1v) is 6.98. The van der Waals surface area contributed by atoms with Crippen molar-refractivity contribution in [3.05, 3.63) is 24.3 Å². The van der Waals surface area contributed by atoms with Crippen LogP contribution in [0, 0.1) is 0 Å². The van der Waals surface area contributed by atoms with E-state index in [0.29, 0.717) is 6.42 Å². The Kier molecular flexibility index (Phi) is 4.72. The van der Waals surface area contributed by atoms with E-state index >= 15 is 0 Å². The molecule has 18 heavy (non-hydrogen) atoms. The maximum Gasteiger partial charge on any atom is 0.299 e. The molecule has 0 atom stereocenters. The minimum Gasteiger partial charge on any atom is -0.398 e. The Morgan fingerprint density at radius 1 is 1.28 bits per heavy atom. The minimum absolute atomic E-state index is 0.000206. The molecule has 1 rings (SSSR count). The second-order valence-electron chi connectivity index (χ2n) is 4.53. The molecule has 102 valence electrons. The van der Waals surface area contributed by atoms with E-state index in [9.17, 15) is 8.42 Å². The lowest BCUT2D eigenvalue weighted by Crippen LogP contribution is -2.25. The summed E-state index contributed by atoms with van der Waals surface area (Å²) in [5.41, 5.74) is 5.37. The van der Waals surface area contributed by atoms with Gasteiger partial charge >= 0.3 is 0 Å². The number of anilines is 1. The fourth-order valence-corrected chi connectivity index (χ4v) is 2.30. The van der Waals surface area contributed by atoms with Gasteiger partial charge in [0, 0.05) is 13.5 Å². The number of benzene rings is 1. The molecule has 0 aromatic heterocycles. The number of hydrogen-bond acceptors (Lipinski definition) is 5. The molecule has 0 aliphatic carbocycles. The summed E-state index contributed by atoms with van der Waals surface area (Å²) in [6.07, 6.45) is 0.468. The van der Waals surface area contributed by atoms with Gasteiger partial charge in [0.1, 0.15) is 4.90 Å². The van der Waals surface area contributed by atoms with Gasteiger partial charge < -0.3 is 10.5 Å². The maximum atomic E-state index is 11.9. The molecule has 0 aliphatic heterocycles. The van der Waals surface area contributed by atoms with Crippen LogP contribution in [0.15, 0.2) is 29.2 Å². The quantitative estimate of drug-likeness (QED) is 0.631. The minimum atomic E-state index is -3.80. The Morgan fingerprint density at radius 3 is 2.44 bits per heavy atom. The van der Waals surface area contributed by atoms with E-state index in [0.717, 1.165) is 0 Å². The van der Waals surface area contributed by atoms with E-state index in [1.807, 2.05) is 13.8 Å². The molecule has 0 heterocycles. The second kappa shape index (κ2) is 5.69. The van der Waals surface area contributed by atoms with Gasteiger partial charge in [0.2, 0.25) is 0 Å². The summed E-state index contributed by atoms with van der Waals surface area (Å²) >= 11 is 0. The molecule has 0 saturated heterocycles. The first-order valence-electron chi connectivity index (χ1n) is 5.57. The molecule has 0 bridgehead atoms. The van der Waals surface area contributed by atoms with Crippen LogP contribution in [0.1, 0.15) is 20.3 Å². The first kappa shape index (κ1) is 14.9. The van der Waals surface area contributed by atoms with Crippen LogP contribution in [-0.2, 0) is 19.0 Å². The lowest BCUT2D eigenvalue weighted by molar-refractivity contribution is 0.00610. The van der Waals surface area contributed by atoms with E-state index in [1.54, 1.807) is 19.2 Å². The number of ether oxygens (including phenoxy) is 1. The maximum absolute atomic E-state index is 11.9. The van der Waals surface area contributed by atoms with Crippen molar-refractivity contribution in [2.24, 2.45) is 0 Å². The van der Waals surface area contributed by atoms with Crippen molar-refractivity contribution in [2.75, 3.05) is 19.5 Å². The standard InChI is InChI=1S/C12H19NO4S/c1-12(2,16-3)8-9-17-18(14,15)11-7-5-4-6-10(11)13/h4-7H,8-9,13H2,1-3H3. The van der Waals surface area contributed by atoms with Crippen LogP contribution in [-0.4, -0.2) is 27.7 Å². The van der Waals surface area contributed by atoms with Crippen molar-refractivity contribution in [1.82, 2.24) is 0 Å². The zero-order chi connectivity index (χ0) is 13.8. The SMILES string of the molecule is COC(C)(C)CCOS(=O)(=O)c1ccccc1N. The van der Waals surface area contributed by atoms with Crippen LogP contribution in [0.5, 0.6) is 0 Å². The number of methoxy groups -OCH3 is 1. The zero-order valence-electron chi connectivity index (χ0n) is 10.8. The van der Waals surface area contributed by atoms with Gasteiger partial charge in [0.15, 0.2) is 0 Å². The molecule has 6 heteroatoms. The molecule has 5 nitrogen and oxygen atoms in total. The van der Waals surface area contributed by atoms with E-state index in [4.69, 9.17) is 14.7 Å². The topological polar surface area (TPSA) is 78.6 Å². The molecular weight excluding hydrogens is 254 g/mol. The summed E-state index contributed by atoms with van der Waals surface area (Å²) in [4.78, 5) is 0.000206. The summed E-state index contributed by atoms with van der Waals surface area (Å²) < 4.78 is 33.9. The molecule has 0 fully saturated rings. The second-order valence-corrected chi connectivity index (χ2v) is 6.11. The molecule has 0 aliphatic rings. The van der Waals surface area contributed by atoms with Crippen molar-refractivity contribution in [2.45, 2.75) is 30.8 Å². The third-order valence-electron chi connectivity index (χ3n) is 2.68. The number of hydrogen-bond donors (Lipinski definition) is 1. The van der Waals surface area contributed by atoms with Gasteiger partial charge in [0.25, 0.3) is 10.1 Å². The average Bonchev–Trinajstić information content (AvgIpc) is 2.29. The van der Waals surface area contributed by atoms with Gasteiger partial charge in [-0.1, -0.05) is 12.1 Å². The number of nitrogen functional groups attached to an aromatic ring is 1. The van der Waals surface area contributed by atoms with Gasteiger partial charge in [0.05, 0.1) is 17.9 Å². The summed E-state index contributed by atoms with van der Waals surface area (Å²) in [5.74, 6) is 0. The predicted molar refractivity (Wildman–Crippen MR) is 69.7 cm³/mol. The molecule has 0 saturated carbocycles. The van der Waals surface area contributed by atoms with Crippen LogP contribution < -0.4 is 5.73 Å². The molecule has 1 aromatic carbocycles. The van der Waals surface area contributed by atoms with E-state index in [-0.39, 0.29) is 17.2 Å². The largest absolute Gasteiger partial charge is 0.398 e. The summed E-state index contributed by atoms with van der Waals surface area (Å²) in [6, 6.07) is 6.22. The lowest BCUT2D eigenvalue weighted by atomic mass is 10.1. The molecule has 0 unspecified atom stereocenters.